The second-order valence-electron chi connectivity index (χ2n) is 7.84. The van der Waals surface area contributed by atoms with Crippen LogP contribution in [0.25, 0.3) is 10.8 Å². The Morgan fingerprint density at radius 1 is 0.969 bits per heavy atom. The third kappa shape index (κ3) is 3.90. The molecule has 4 aromatic rings. The van der Waals surface area contributed by atoms with Gasteiger partial charge in [-0.3, -0.25) is 9.89 Å². The van der Waals surface area contributed by atoms with Crippen molar-refractivity contribution in [2.24, 2.45) is 0 Å². The Hall–Kier alpha value is -3.49. The van der Waals surface area contributed by atoms with E-state index in [1.54, 1.807) is 30.3 Å². The molecular weight excluding hydrogens is 424 g/mol. The number of nitrogens with zero attached hydrogens (tertiary/aromatic N) is 2. The fourth-order valence-electron chi connectivity index (χ4n) is 3.97. The molecule has 0 spiro atoms. The maximum Gasteiger partial charge on any atom is 0.243 e. The molecule has 0 bridgehead atoms. The summed E-state index contributed by atoms with van der Waals surface area (Å²) in [7, 11) is -3.62. The van der Waals surface area contributed by atoms with Crippen LogP contribution in [0.4, 0.5) is 5.82 Å². The van der Waals surface area contributed by atoms with Crippen LogP contribution in [0.1, 0.15) is 23.2 Å². The fourth-order valence-corrected chi connectivity index (χ4v) is 5.36. The molecule has 1 aromatic heterocycles. The Morgan fingerprint density at radius 3 is 2.53 bits per heavy atom. The number of rotatable bonds is 6. The van der Waals surface area contributed by atoms with Gasteiger partial charge in [0.2, 0.25) is 15.9 Å². The van der Waals surface area contributed by atoms with Gasteiger partial charge in [-0.1, -0.05) is 60.7 Å². The minimum atomic E-state index is -3.62. The van der Waals surface area contributed by atoms with E-state index in [1.807, 2.05) is 18.2 Å². The summed E-state index contributed by atoms with van der Waals surface area (Å²) >= 11 is 0. The van der Waals surface area contributed by atoms with Crippen molar-refractivity contribution in [3.63, 3.8) is 0 Å². The van der Waals surface area contributed by atoms with E-state index in [2.05, 4.69) is 39.8 Å². The molecule has 0 unspecified atom stereocenters. The predicted molar refractivity (Wildman–Crippen MR) is 122 cm³/mol. The molecule has 7 nitrogen and oxygen atoms in total. The van der Waals surface area contributed by atoms with Crippen LogP contribution in [-0.4, -0.2) is 28.8 Å². The second-order valence-corrected chi connectivity index (χ2v) is 9.78. The van der Waals surface area contributed by atoms with Crippen LogP contribution in [0.2, 0.25) is 0 Å². The van der Waals surface area contributed by atoms with Crippen molar-refractivity contribution in [3.05, 3.63) is 89.6 Å². The summed E-state index contributed by atoms with van der Waals surface area (Å²) in [5, 5.41) is 12.2. The highest BCUT2D eigenvalue weighted by molar-refractivity contribution is 7.89. The Bertz CT molecular complexity index is 1400. The zero-order valence-electron chi connectivity index (χ0n) is 17.3. The van der Waals surface area contributed by atoms with E-state index in [1.165, 1.54) is 9.69 Å². The van der Waals surface area contributed by atoms with Crippen LogP contribution in [0.15, 0.2) is 77.7 Å². The van der Waals surface area contributed by atoms with Gasteiger partial charge >= 0.3 is 0 Å². The highest BCUT2D eigenvalue weighted by Crippen LogP contribution is 2.31. The number of benzene rings is 3. The van der Waals surface area contributed by atoms with E-state index in [0.717, 1.165) is 10.9 Å². The molecule has 8 heteroatoms. The van der Waals surface area contributed by atoms with Gasteiger partial charge in [-0.25, -0.2) is 8.42 Å². The molecule has 0 atom stereocenters. The number of aryl methyl sites for hydroxylation is 1. The summed E-state index contributed by atoms with van der Waals surface area (Å²) in [4.78, 5) is 12.8. The number of carbonyl (C=O) groups excluding carboxylic acids is 1. The Balaban J connectivity index is 1.24. The minimum Gasteiger partial charge on any atom is -0.311 e. The third-order valence-corrected chi connectivity index (χ3v) is 7.52. The Labute approximate surface area is 186 Å². The van der Waals surface area contributed by atoms with E-state index < -0.39 is 10.0 Å². The second kappa shape index (κ2) is 8.22. The first kappa shape index (κ1) is 20.4. The van der Waals surface area contributed by atoms with Gasteiger partial charge in [0.05, 0.1) is 17.1 Å². The molecule has 3 aromatic carbocycles. The SMILES string of the molecule is O=C(CCc1ccc2ccccc2c1)Nc1[nH]nc2c1CN(S(=O)(=O)c1ccccc1)C2. The number of fused-ring (bicyclic) bond motifs is 2. The molecule has 2 heterocycles. The first-order valence-corrected chi connectivity index (χ1v) is 11.8. The van der Waals surface area contributed by atoms with E-state index in [9.17, 15) is 13.2 Å². The average Bonchev–Trinajstić information content (AvgIpc) is 3.41. The van der Waals surface area contributed by atoms with Gasteiger partial charge in [0.25, 0.3) is 0 Å². The van der Waals surface area contributed by atoms with Crippen molar-refractivity contribution in [1.29, 1.82) is 0 Å². The van der Waals surface area contributed by atoms with Crippen LogP contribution < -0.4 is 5.32 Å². The van der Waals surface area contributed by atoms with Gasteiger partial charge in [-0.2, -0.15) is 9.40 Å². The van der Waals surface area contributed by atoms with Crippen molar-refractivity contribution in [3.8, 4) is 0 Å². The predicted octanol–water partition coefficient (Wildman–Crippen LogP) is 3.84. The lowest BCUT2D eigenvalue weighted by Gasteiger charge is -2.16. The van der Waals surface area contributed by atoms with Crippen molar-refractivity contribution in [1.82, 2.24) is 14.5 Å². The number of aromatic amines is 1. The van der Waals surface area contributed by atoms with Gasteiger partial charge in [0.15, 0.2) is 0 Å². The monoisotopic (exact) mass is 446 g/mol. The van der Waals surface area contributed by atoms with Gasteiger partial charge in [-0.05, 0) is 34.9 Å². The van der Waals surface area contributed by atoms with Gasteiger partial charge in [-0.15, -0.1) is 0 Å². The third-order valence-electron chi connectivity index (χ3n) is 5.71. The lowest BCUT2D eigenvalue weighted by atomic mass is 10.0. The van der Waals surface area contributed by atoms with Crippen LogP contribution in [-0.2, 0) is 34.3 Å². The largest absolute Gasteiger partial charge is 0.311 e. The van der Waals surface area contributed by atoms with Crippen LogP contribution in [0, 0.1) is 0 Å². The van der Waals surface area contributed by atoms with Gasteiger partial charge in [0, 0.05) is 18.5 Å². The van der Waals surface area contributed by atoms with Crippen molar-refractivity contribution in [2.45, 2.75) is 30.8 Å². The highest BCUT2D eigenvalue weighted by atomic mass is 32.2. The number of sulfonamides is 1. The molecule has 1 aliphatic heterocycles. The van der Waals surface area contributed by atoms with Crippen LogP contribution in [0.3, 0.4) is 0 Å². The Kier molecular flexibility index (Phi) is 5.24. The summed E-state index contributed by atoms with van der Waals surface area (Å²) in [6.45, 7) is 0.347. The first-order chi connectivity index (χ1) is 15.5. The number of hydrogen-bond acceptors (Lipinski definition) is 4. The van der Waals surface area contributed by atoms with E-state index >= 15 is 0 Å². The van der Waals surface area contributed by atoms with Crippen molar-refractivity contribution in [2.75, 3.05) is 5.32 Å². The topological polar surface area (TPSA) is 95.2 Å². The maximum absolute atomic E-state index is 12.9. The van der Waals surface area contributed by atoms with E-state index in [-0.39, 0.29) is 23.9 Å². The molecule has 1 amide bonds. The standard InChI is InChI=1S/C24H22N4O3S/c29-23(13-11-17-10-12-18-6-4-5-7-19(18)14-17)25-24-21-15-28(16-22(21)26-27-24)32(30,31)20-8-2-1-3-9-20/h1-10,12,14H,11,13,15-16H2,(H2,25,26,27,29). The smallest absolute Gasteiger partial charge is 0.243 e. The normalized spacial score (nSPS) is 13.9. The number of aromatic nitrogens is 2. The van der Waals surface area contributed by atoms with Gasteiger partial charge in [0.1, 0.15) is 5.82 Å². The minimum absolute atomic E-state index is 0.144. The zero-order chi connectivity index (χ0) is 22.1. The van der Waals surface area contributed by atoms with E-state index in [4.69, 9.17) is 0 Å². The number of hydrogen-bond donors (Lipinski definition) is 2. The van der Waals surface area contributed by atoms with E-state index in [0.29, 0.717) is 29.9 Å². The number of amides is 1. The number of nitrogens with one attached hydrogen (secondary N) is 2. The molecule has 0 aliphatic carbocycles. The molecule has 5 rings (SSSR count). The van der Waals surface area contributed by atoms with Crippen molar-refractivity contribution < 1.29 is 13.2 Å². The average molecular weight is 447 g/mol. The van der Waals surface area contributed by atoms with Crippen LogP contribution >= 0.6 is 0 Å². The Morgan fingerprint density at radius 2 is 1.72 bits per heavy atom. The summed E-state index contributed by atoms with van der Waals surface area (Å²) in [6.07, 6.45) is 0.930. The molecule has 162 valence electrons. The quantitative estimate of drug-likeness (QED) is 0.470. The molecular formula is C24H22N4O3S. The number of H-pyrrole nitrogens is 1. The highest BCUT2D eigenvalue weighted by Gasteiger charge is 2.34. The molecule has 1 aliphatic rings. The lowest BCUT2D eigenvalue weighted by Crippen LogP contribution is -2.26. The molecule has 32 heavy (non-hydrogen) atoms. The molecule has 0 fully saturated rings. The number of carbonyl (C=O) groups is 1. The molecule has 0 saturated carbocycles. The number of anilines is 1. The maximum atomic E-state index is 12.9. The molecule has 0 radical (unpaired) electrons. The summed E-state index contributed by atoms with van der Waals surface area (Å²) in [6, 6.07) is 22.6. The summed E-state index contributed by atoms with van der Waals surface area (Å²) in [5.74, 6) is 0.322. The van der Waals surface area contributed by atoms with Crippen LogP contribution in [0.5, 0.6) is 0 Å². The van der Waals surface area contributed by atoms with Crippen molar-refractivity contribution >= 4 is 32.5 Å². The summed E-state index contributed by atoms with van der Waals surface area (Å²) in [5.41, 5.74) is 2.44. The fraction of sp³-hybridized carbons (Fsp3) is 0.167. The molecule has 2 N–H and O–H groups in total. The lowest BCUT2D eigenvalue weighted by molar-refractivity contribution is -0.116. The zero-order valence-corrected chi connectivity index (χ0v) is 18.1. The first-order valence-electron chi connectivity index (χ1n) is 10.4. The molecule has 0 saturated heterocycles. The van der Waals surface area contributed by atoms with Gasteiger partial charge < -0.3 is 5.32 Å². The summed E-state index contributed by atoms with van der Waals surface area (Å²) < 4.78 is 27.1.